The zero-order valence-electron chi connectivity index (χ0n) is 18.8. The van der Waals surface area contributed by atoms with Crippen molar-refractivity contribution in [2.75, 3.05) is 20.8 Å². The van der Waals surface area contributed by atoms with Gasteiger partial charge in [0.05, 0.1) is 14.2 Å². The largest absolute Gasteiger partial charge is 0.493 e. The molecule has 6 heteroatoms. The summed E-state index contributed by atoms with van der Waals surface area (Å²) in [5.74, 6) is 0.0753. The summed E-state index contributed by atoms with van der Waals surface area (Å²) in [6.45, 7) is 10.5. The van der Waals surface area contributed by atoms with Gasteiger partial charge in [0.15, 0.2) is 11.5 Å². The summed E-state index contributed by atoms with van der Waals surface area (Å²) in [6, 6.07) is 9.07. The van der Waals surface area contributed by atoms with Crippen molar-refractivity contribution in [1.29, 1.82) is 0 Å². The summed E-state index contributed by atoms with van der Waals surface area (Å²) < 4.78 is 15.7. The van der Waals surface area contributed by atoms with Crippen molar-refractivity contribution >= 4 is 11.9 Å². The van der Waals surface area contributed by atoms with Gasteiger partial charge in [-0.25, -0.2) is 0 Å². The number of nitrogens with one attached hydrogen (secondary N) is 1. The predicted molar refractivity (Wildman–Crippen MR) is 116 cm³/mol. The number of rotatable bonds is 7. The molecule has 162 valence electrons. The fourth-order valence-electron chi connectivity index (χ4n) is 3.09. The number of esters is 1. The molecule has 0 fully saturated rings. The number of hydrogen-bond donors (Lipinski definition) is 1. The average Bonchev–Trinajstić information content (AvgIpc) is 2.69. The molecule has 6 nitrogen and oxygen atoms in total. The van der Waals surface area contributed by atoms with E-state index in [2.05, 4.69) is 38.2 Å². The van der Waals surface area contributed by atoms with Crippen LogP contribution in [0.5, 0.6) is 11.5 Å². The molecule has 0 aliphatic rings. The molecule has 0 bridgehead atoms. The van der Waals surface area contributed by atoms with Crippen LogP contribution in [0.15, 0.2) is 30.3 Å². The molecule has 0 unspecified atom stereocenters. The zero-order valence-corrected chi connectivity index (χ0v) is 18.8. The second kappa shape index (κ2) is 9.65. The third-order valence-corrected chi connectivity index (χ3v) is 4.98. The molecule has 1 amide bonds. The van der Waals surface area contributed by atoms with Crippen molar-refractivity contribution in [1.82, 2.24) is 5.32 Å². The Bertz CT molecular complexity index is 905. The van der Waals surface area contributed by atoms with Gasteiger partial charge in [0.2, 0.25) is 0 Å². The Morgan fingerprint density at radius 1 is 0.933 bits per heavy atom. The van der Waals surface area contributed by atoms with Crippen molar-refractivity contribution in [2.45, 2.75) is 46.6 Å². The number of carbonyl (C=O) groups excluding carboxylic acids is 2. The smallest absolute Gasteiger partial charge is 0.325 e. The van der Waals surface area contributed by atoms with Gasteiger partial charge in [0.25, 0.3) is 5.91 Å². The van der Waals surface area contributed by atoms with E-state index in [1.807, 2.05) is 13.8 Å². The highest BCUT2D eigenvalue weighted by Crippen LogP contribution is 2.28. The van der Waals surface area contributed by atoms with Crippen LogP contribution in [-0.4, -0.2) is 32.6 Å². The van der Waals surface area contributed by atoms with Gasteiger partial charge < -0.3 is 19.5 Å². The van der Waals surface area contributed by atoms with Gasteiger partial charge in [0.1, 0.15) is 13.2 Å². The molecule has 0 aromatic heterocycles. The predicted octanol–water partition coefficient (Wildman–Crippen LogP) is 4.09. The molecule has 0 heterocycles. The second-order valence-corrected chi connectivity index (χ2v) is 8.25. The summed E-state index contributed by atoms with van der Waals surface area (Å²) in [6.07, 6.45) is 0. The summed E-state index contributed by atoms with van der Waals surface area (Å²) in [7, 11) is 3.02. The van der Waals surface area contributed by atoms with Crippen LogP contribution < -0.4 is 14.8 Å². The van der Waals surface area contributed by atoms with Gasteiger partial charge >= 0.3 is 5.97 Å². The van der Waals surface area contributed by atoms with E-state index in [4.69, 9.17) is 14.2 Å². The van der Waals surface area contributed by atoms with Crippen molar-refractivity contribution < 1.29 is 23.8 Å². The fraction of sp³-hybridized carbons (Fsp3) is 0.417. The highest BCUT2D eigenvalue weighted by Gasteiger charge is 2.17. The SMILES string of the molecule is COc1ccc(C(=O)NCC(=O)OCc2c(C)cc(C(C)(C)C)cc2C)cc1OC. The molecule has 0 spiro atoms. The van der Waals surface area contributed by atoms with Crippen LogP contribution in [0.3, 0.4) is 0 Å². The van der Waals surface area contributed by atoms with E-state index in [1.165, 1.54) is 19.8 Å². The van der Waals surface area contributed by atoms with Gasteiger partial charge in [-0.3, -0.25) is 9.59 Å². The monoisotopic (exact) mass is 413 g/mol. The third kappa shape index (κ3) is 5.75. The van der Waals surface area contributed by atoms with Crippen molar-refractivity contribution in [2.24, 2.45) is 0 Å². The number of methoxy groups -OCH3 is 2. The Labute approximate surface area is 178 Å². The lowest BCUT2D eigenvalue weighted by molar-refractivity contribution is -0.143. The highest BCUT2D eigenvalue weighted by atomic mass is 16.5. The van der Waals surface area contributed by atoms with E-state index >= 15 is 0 Å². The third-order valence-electron chi connectivity index (χ3n) is 4.98. The molecule has 0 aliphatic heterocycles. The van der Waals surface area contributed by atoms with Crippen molar-refractivity contribution in [3.05, 3.63) is 58.1 Å². The normalized spacial score (nSPS) is 11.0. The van der Waals surface area contributed by atoms with Gasteiger partial charge in [-0.05, 0) is 59.7 Å². The first-order valence-corrected chi connectivity index (χ1v) is 9.83. The Balaban J connectivity index is 1.95. The molecule has 0 aliphatic carbocycles. The lowest BCUT2D eigenvalue weighted by Crippen LogP contribution is -2.30. The number of hydrogen-bond acceptors (Lipinski definition) is 5. The summed E-state index contributed by atoms with van der Waals surface area (Å²) >= 11 is 0. The molecule has 2 rings (SSSR count). The summed E-state index contributed by atoms with van der Waals surface area (Å²) in [5, 5.41) is 2.57. The quantitative estimate of drug-likeness (QED) is 0.692. The summed E-state index contributed by atoms with van der Waals surface area (Å²) in [4.78, 5) is 24.5. The molecule has 0 saturated carbocycles. The van der Waals surface area contributed by atoms with E-state index in [-0.39, 0.29) is 18.6 Å². The number of ether oxygens (including phenoxy) is 3. The Kier molecular flexibility index (Phi) is 7.48. The van der Waals surface area contributed by atoms with Crippen molar-refractivity contribution in [3.63, 3.8) is 0 Å². The van der Waals surface area contributed by atoms with Crippen LogP contribution >= 0.6 is 0 Å². The van der Waals surface area contributed by atoms with E-state index in [0.717, 1.165) is 16.7 Å². The second-order valence-electron chi connectivity index (χ2n) is 8.25. The molecule has 2 aromatic carbocycles. The van der Waals surface area contributed by atoms with Crippen LogP contribution in [0.4, 0.5) is 0 Å². The Morgan fingerprint density at radius 3 is 2.07 bits per heavy atom. The topological polar surface area (TPSA) is 73.9 Å². The highest BCUT2D eigenvalue weighted by molar-refractivity contribution is 5.96. The minimum atomic E-state index is -0.498. The first-order chi connectivity index (χ1) is 14.1. The van der Waals surface area contributed by atoms with E-state index in [9.17, 15) is 9.59 Å². The first-order valence-electron chi connectivity index (χ1n) is 9.83. The van der Waals surface area contributed by atoms with Gasteiger partial charge in [-0.15, -0.1) is 0 Å². The van der Waals surface area contributed by atoms with Crippen LogP contribution in [0.25, 0.3) is 0 Å². The van der Waals surface area contributed by atoms with Crippen LogP contribution in [0.2, 0.25) is 0 Å². The molecule has 2 aromatic rings. The molecular weight excluding hydrogens is 382 g/mol. The van der Waals surface area contributed by atoms with Crippen LogP contribution in [0.1, 0.15) is 53.4 Å². The number of carbonyl (C=O) groups is 2. The molecule has 0 atom stereocenters. The molecule has 0 radical (unpaired) electrons. The van der Waals surface area contributed by atoms with Gasteiger partial charge in [-0.1, -0.05) is 32.9 Å². The average molecular weight is 414 g/mol. The zero-order chi connectivity index (χ0) is 22.5. The van der Waals surface area contributed by atoms with Crippen molar-refractivity contribution in [3.8, 4) is 11.5 Å². The maximum atomic E-state index is 12.3. The molecular formula is C24H31NO5. The molecule has 1 N–H and O–H groups in total. The number of benzene rings is 2. The number of amides is 1. The van der Waals surface area contributed by atoms with Gasteiger partial charge in [-0.2, -0.15) is 0 Å². The molecule has 30 heavy (non-hydrogen) atoms. The van der Waals surface area contributed by atoms with E-state index in [0.29, 0.717) is 17.1 Å². The van der Waals surface area contributed by atoms with E-state index in [1.54, 1.807) is 18.2 Å². The maximum Gasteiger partial charge on any atom is 0.325 e. The lowest BCUT2D eigenvalue weighted by atomic mass is 9.84. The summed E-state index contributed by atoms with van der Waals surface area (Å²) in [5.41, 5.74) is 4.82. The Morgan fingerprint density at radius 2 is 1.53 bits per heavy atom. The lowest BCUT2D eigenvalue weighted by Gasteiger charge is -2.22. The minimum absolute atomic E-state index is 0.0547. The standard InChI is InChI=1S/C24H31NO5/c1-15-10-18(24(3,4)5)11-16(2)19(15)14-30-22(26)13-25-23(27)17-8-9-20(28-6)21(12-17)29-7/h8-12H,13-14H2,1-7H3,(H,25,27). The van der Waals surface area contributed by atoms with Crippen LogP contribution in [0, 0.1) is 13.8 Å². The first kappa shape index (κ1) is 23.3. The minimum Gasteiger partial charge on any atom is -0.493 e. The van der Waals surface area contributed by atoms with Crippen LogP contribution in [-0.2, 0) is 21.6 Å². The number of aryl methyl sites for hydroxylation is 2. The molecule has 0 saturated heterocycles. The van der Waals surface area contributed by atoms with Gasteiger partial charge in [0, 0.05) is 5.56 Å². The fourth-order valence-corrected chi connectivity index (χ4v) is 3.09. The Hall–Kier alpha value is -3.02. The maximum absolute atomic E-state index is 12.3. The van der Waals surface area contributed by atoms with E-state index < -0.39 is 11.9 Å².